The van der Waals surface area contributed by atoms with Crippen molar-refractivity contribution in [3.05, 3.63) is 89.4 Å². The number of hydrogen-bond donors (Lipinski definition) is 1. The second kappa shape index (κ2) is 7.87. The number of nitrogens with one attached hydrogen (secondary N) is 1. The third-order valence-corrected chi connectivity index (χ3v) is 4.44. The minimum absolute atomic E-state index is 0.196. The van der Waals surface area contributed by atoms with E-state index in [0.29, 0.717) is 11.3 Å². The summed E-state index contributed by atoms with van der Waals surface area (Å²) in [6, 6.07) is 14.5. The maximum Gasteiger partial charge on any atom is 0.255 e. The Morgan fingerprint density at radius 2 is 1.93 bits per heavy atom. The Labute approximate surface area is 168 Å². The molecule has 1 N–H and O–H groups in total. The van der Waals surface area contributed by atoms with Crippen LogP contribution >= 0.6 is 0 Å². The fraction of sp³-hybridized carbons (Fsp3) is 0.0870. The fourth-order valence-electron chi connectivity index (χ4n) is 2.79. The molecular weight excluding hydrogens is 364 g/mol. The number of benzene rings is 2. The molecule has 0 saturated heterocycles. The van der Waals surface area contributed by atoms with Crippen LogP contribution in [0.2, 0.25) is 0 Å². The van der Waals surface area contributed by atoms with Crippen molar-refractivity contribution >= 4 is 17.2 Å². The van der Waals surface area contributed by atoms with Crippen molar-refractivity contribution in [1.82, 2.24) is 14.6 Å². The highest BCUT2D eigenvalue weighted by molar-refractivity contribution is 6.04. The Kier molecular flexibility index (Phi) is 4.95. The first-order valence-electron chi connectivity index (χ1n) is 9.00. The lowest BCUT2D eigenvalue weighted by atomic mass is 10.0. The van der Waals surface area contributed by atoms with Crippen LogP contribution in [0.5, 0.6) is 5.75 Å². The van der Waals surface area contributed by atoms with Crippen molar-refractivity contribution in [3.8, 4) is 17.6 Å². The lowest BCUT2D eigenvalue weighted by Crippen LogP contribution is -2.12. The minimum atomic E-state index is -0.196. The van der Waals surface area contributed by atoms with E-state index in [-0.39, 0.29) is 5.91 Å². The number of amides is 1. The Morgan fingerprint density at radius 3 is 2.72 bits per heavy atom. The zero-order valence-electron chi connectivity index (χ0n) is 16.0. The molecule has 0 aliphatic carbocycles. The van der Waals surface area contributed by atoms with Crippen molar-refractivity contribution in [2.75, 3.05) is 12.4 Å². The van der Waals surface area contributed by atoms with E-state index in [1.54, 1.807) is 60.4 Å². The van der Waals surface area contributed by atoms with Crippen LogP contribution in [0.3, 0.4) is 0 Å². The molecule has 2 aromatic heterocycles. The van der Waals surface area contributed by atoms with Gasteiger partial charge in [0.2, 0.25) is 0 Å². The van der Waals surface area contributed by atoms with Crippen LogP contribution in [0, 0.1) is 18.8 Å². The van der Waals surface area contributed by atoms with E-state index in [4.69, 9.17) is 4.74 Å². The van der Waals surface area contributed by atoms with Crippen LogP contribution in [0.25, 0.3) is 5.65 Å². The highest BCUT2D eigenvalue weighted by Gasteiger charge is 2.08. The topological polar surface area (TPSA) is 68.5 Å². The monoisotopic (exact) mass is 382 g/mol. The molecule has 6 nitrogen and oxygen atoms in total. The molecule has 0 aliphatic heterocycles. The fourth-order valence-corrected chi connectivity index (χ4v) is 2.79. The number of carbonyl (C=O) groups excluding carboxylic acids is 1. The molecule has 0 aliphatic rings. The van der Waals surface area contributed by atoms with Gasteiger partial charge in [0, 0.05) is 35.3 Å². The molecule has 1 amide bonds. The van der Waals surface area contributed by atoms with Crippen molar-refractivity contribution in [2.45, 2.75) is 6.92 Å². The van der Waals surface area contributed by atoms with E-state index in [2.05, 4.69) is 27.2 Å². The third kappa shape index (κ3) is 4.09. The molecule has 0 spiro atoms. The van der Waals surface area contributed by atoms with Crippen LogP contribution in [-0.4, -0.2) is 27.6 Å². The van der Waals surface area contributed by atoms with Gasteiger partial charge in [0.15, 0.2) is 5.65 Å². The van der Waals surface area contributed by atoms with Crippen LogP contribution < -0.4 is 10.1 Å². The summed E-state index contributed by atoms with van der Waals surface area (Å²) < 4.78 is 6.81. The molecule has 0 fully saturated rings. The lowest BCUT2D eigenvalue weighted by Gasteiger charge is -2.08. The molecular formula is C23H18N4O2. The first-order chi connectivity index (χ1) is 14.1. The van der Waals surface area contributed by atoms with Crippen molar-refractivity contribution in [2.24, 2.45) is 0 Å². The third-order valence-electron chi connectivity index (χ3n) is 4.44. The number of aromatic nitrogens is 3. The molecule has 6 heteroatoms. The van der Waals surface area contributed by atoms with E-state index in [1.807, 2.05) is 25.3 Å². The van der Waals surface area contributed by atoms with Gasteiger partial charge in [0.05, 0.1) is 18.9 Å². The van der Waals surface area contributed by atoms with E-state index >= 15 is 0 Å². The van der Waals surface area contributed by atoms with Crippen LogP contribution in [0.1, 0.15) is 27.0 Å². The lowest BCUT2D eigenvalue weighted by molar-refractivity contribution is 0.102. The standard InChI is InChI=1S/C23H18N4O2/c1-16-3-5-19(23(28)26-20-7-9-21(29-2)10-8-20)13-18(16)6-4-17-14-24-22-11-12-25-27(22)15-17/h3,5,7-15H,1-2H3,(H,26,28). The van der Waals surface area contributed by atoms with Gasteiger partial charge in [-0.3, -0.25) is 4.79 Å². The SMILES string of the molecule is COc1ccc(NC(=O)c2ccc(C)c(C#Cc3cnc4ccnn4c3)c2)cc1. The molecule has 142 valence electrons. The molecule has 4 aromatic rings. The summed E-state index contributed by atoms with van der Waals surface area (Å²) in [4.78, 5) is 16.9. The Hall–Kier alpha value is -4.11. The summed E-state index contributed by atoms with van der Waals surface area (Å²) in [6.45, 7) is 1.96. The Balaban J connectivity index is 1.56. The number of aryl methyl sites for hydroxylation is 1. The largest absolute Gasteiger partial charge is 0.497 e. The number of methoxy groups -OCH3 is 1. The summed E-state index contributed by atoms with van der Waals surface area (Å²) in [5.41, 5.74) is 4.52. The van der Waals surface area contributed by atoms with Crippen LogP contribution in [-0.2, 0) is 0 Å². The summed E-state index contributed by atoms with van der Waals surface area (Å²) in [7, 11) is 1.60. The zero-order valence-corrected chi connectivity index (χ0v) is 16.0. The number of ether oxygens (including phenoxy) is 1. The maximum atomic E-state index is 12.6. The van der Waals surface area contributed by atoms with Gasteiger partial charge in [0.25, 0.3) is 5.91 Å². The number of fused-ring (bicyclic) bond motifs is 1. The average molecular weight is 382 g/mol. The summed E-state index contributed by atoms with van der Waals surface area (Å²) in [6.07, 6.45) is 5.22. The quantitative estimate of drug-likeness (QED) is 0.549. The second-order valence-corrected chi connectivity index (χ2v) is 6.44. The number of rotatable bonds is 3. The molecule has 0 saturated carbocycles. The molecule has 0 atom stereocenters. The number of carbonyl (C=O) groups is 1. The predicted octanol–water partition coefficient (Wildman–Crippen LogP) is 3.70. The molecule has 0 unspecified atom stereocenters. The van der Waals surface area contributed by atoms with Gasteiger partial charge in [-0.1, -0.05) is 17.9 Å². The second-order valence-electron chi connectivity index (χ2n) is 6.44. The molecule has 0 radical (unpaired) electrons. The van der Waals surface area contributed by atoms with Crippen molar-refractivity contribution < 1.29 is 9.53 Å². The van der Waals surface area contributed by atoms with Crippen molar-refractivity contribution in [3.63, 3.8) is 0 Å². The van der Waals surface area contributed by atoms with E-state index in [9.17, 15) is 4.79 Å². The zero-order chi connectivity index (χ0) is 20.2. The van der Waals surface area contributed by atoms with Crippen LogP contribution in [0.4, 0.5) is 5.69 Å². The minimum Gasteiger partial charge on any atom is -0.497 e. The number of hydrogen-bond acceptors (Lipinski definition) is 4. The van der Waals surface area contributed by atoms with Gasteiger partial charge in [-0.05, 0) is 48.9 Å². The molecule has 2 heterocycles. The highest BCUT2D eigenvalue weighted by Crippen LogP contribution is 2.17. The summed E-state index contributed by atoms with van der Waals surface area (Å²) in [5.74, 6) is 6.76. The first-order valence-corrected chi connectivity index (χ1v) is 9.00. The smallest absolute Gasteiger partial charge is 0.255 e. The number of nitrogens with zero attached hydrogens (tertiary/aromatic N) is 3. The van der Waals surface area contributed by atoms with Gasteiger partial charge >= 0.3 is 0 Å². The van der Waals surface area contributed by atoms with Gasteiger partial charge in [-0.2, -0.15) is 5.10 Å². The predicted molar refractivity (Wildman–Crippen MR) is 111 cm³/mol. The molecule has 2 aromatic carbocycles. The van der Waals surface area contributed by atoms with Crippen LogP contribution in [0.15, 0.2) is 67.1 Å². The molecule has 0 bridgehead atoms. The summed E-state index contributed by atoms with van der Waals surface area (Å²) in [5, 5.41) is 7.05. The molecule has 29 heavy (non-hydrogen) atoms. The normalized spacial score (nSPS) is 10.3. The van der Waals surface area contributed by atoms with Gasteiger partial charge in [-0.15, -0.1) is 0 Å². The van der Waals surface area contributed by atoms with E-state index < -0.39 is 0 Å². The van der Waals surface area contributed by atoms with Gasteiger partial charge < -0.3 is 10.1 Å². The Bertz CT molecular complexity index is 1250. The maximum absolute atomic E-state index is 12.6. The number of anilines is 1. The average Bonchev–Trinajstić information content (AvgIpc) is 3.21. The van der Waals surface area contributed by atoms with E-state index in [0.717, 1.165) is 28.1 Å². The van der Waals surface area contributed by atoms with Gasteiger partial charge in [-0.25, -0.2) is 9.50 Å². The summed E-state index contributed by atoms with van der Waals surface area (Å²) >= 11 is 0. The Morgan fingerprint density at radius 1 is 1.10 bits per heavy atom. The highest BCUT2D eigenvalue weighted by atomic mass is 16.5. The van der Waals surface area contributed by atoms with Gasteiger partial charge in [0.1, 0.15) is 5.75 Å². The molecule has 4 rings (SSSR count). The van der Waals surface area contributed by atoms with Crippen molar-refractivity contribution in [1.29, 1.82) is 0 Å². The first kappa shape index (κ1) is 18.3. The van der Waals surface area contributed by atoms with E-state index in [1.165, 1.54) is 0 Å².